The van der Waals surface area contributed by atoms with E-state index in [2.05, 4.69) is 10.6 Å². The second-order valence-corrected chi connectivity index (χ2v) is 10.6. The molecule has 0 aliphatic carbocycles. The van der Waals surface area contributed by atoms with E-state index in [-0.39, 0.29) is 44.0 Å². The first-order chi connectivity index (χ1) is 17.9. The highest BCUT2D eigenvalue weighted by Gasteiger charge is 2.39. The van der Waals surface area contributed by atoms with E-state index in [1.54, 1.807) is 27.8 Å². The number of halogens is 1. The molecular formula is C26H37FN4O7. The summed E-state index contributed by atoms with van der Waals surface area (Å²) in [5.41, 5.74) is -0.682. The predicted molar refractivity (Wildman–Crippen MR) is 135 cm³/mol. The maximum absolute atomic E-state index is 14.1. The van der Waals surface area contributed by atoms with E-state index in [0.29, 0.717) is 12.8 Å². The topological polar surface area (TPSA) is 127 Å². The normalized spacial score (nSPS) is 22.9. The molecule has 2 heterocycles. The van der Waals surface area contributed by atoms with Crippen LogP contribution >= 0.6 is 0 Å². The average molecular weight is 537 g/mol. The molecule has 3 rings (SSSR count). The highest BCUT2D eigenvalue weighted by molar-refractivity contribution is 5.96. The first-order valence-corrected chi connectivity index (χ1v) is 12.6. The molecule has 2 aliphatic heterocycles. The predicted octanol–water partition coefficient (Wildman–Crippen LogP) is 1.70. The number of fused-ring (bicyclic) bond motifs is 3. The lowest BCUT2D eigenvalue weighted by atomic mass is 10.1. The van der Waals surface area contributed by atoms with Crippen molar-refractivity contribution < 1.29 is 37.8 Å². The molecule has 38 heavy (non-hydrogen) atoms. The Bertz CT molecular complexity index is 1040. The second-order valence-electron chi connectivity index (χ2n) is 10.6. The summed E-state index contributed by atoms with van der Waals surface area (Å²) < 4.78 is 30.5. The van der Waals surface area contributed by atoms with Crippen molar-refractivity contribution in [2.24, 2.45) is 0 Å². The maximum Gasteiger partial charge on any atom is 0.410 e. The molecule has 0 aromatic heterocycles. The van der Waals surface area contributed by atoms with Gasteiger partial charge in [0.05, 0.1) is 11.6 Å². The lowest BCUT2D eigenvalue weighted by molar-refractivity contribution is -0.131. The first kappa shape index (κ1) is 29.2. The van der Waals surface area contributed by atoms with Gasteiger partial charge >= 0.3 is 6.09 Å². The van der Waals surface area contributed by atoms with Crippen LogP contribution in [-0.4, -0.2) is 97.8 Å². The molecule has 0 spiro atoms. The van der Waals surface area contributed by atoms with E-state index in [4.69, 9.17) is 14.2 Å². The van der Waals surface area contributed by atoms with Gasteiger partial charge in [-0.15, -0.1) is 0 Å². The van der Waals surface area contributed by atoms with Crippen LogP contribution in [0.3, 0.4) is 0 Å². The number of ether oxygens (including phenoxy) is 3. The largest absolute Gasteiger partial charge is 0.491 e. The smallest absolute Gasteiger partial charge is 0.410 e. The van der Waals surface area contributed by atoms with Gasteiger partial charge in [0.15, 0.2) is 0 Å². The van der Waals surface area contributed by atoms with Crippen molar-refractivity contribution in [3.8, 4) is 5.75 Å². The molecule has 1 aromatic rings. The number of hydrogen-bond acceptors (Lipinski definition) is 7. The molecule has 0 radical (unpaired) electrons. The van der Waals surface area contributed by atoms with Crippen molar-refractivity contribution in [1.82, 2.24) is 20.4 Å². The van der Waals surface area contributed by atoms with Crippen LogP contribution in [0.4, 0.5) is 9.18 Å². The molecular weight excluding hydrogens is 499 g/mol. The van der Waals surface area contributed by atoms with Crippen molar-refractivity contribution in [3.05, 3.63) is 29.6 Å². The number of methoxy groups -OCH3 is 1. The van der Waals surface area contributed by atoms with Crippen LogP contribution in [0.2, 0.25) is 0 Å². The van der Waals surface area contributed by atoms with Crippen LogP contribution < -0.4 is 15.4 Å². The Kier molecular flexibility index (Phi) is 9.53. The molecule has 0 unspecified atom stereocenters. The molecule has 2 N–H and O–H groups in total. The van der Waals surface area contributed by atoms with E-state index in [0.717, 1.165) is 6.07 Å². The monoisotopic (exact) mass is 536 g/mol. The number of rotatable bonds is 3. The number of benzene rings is 1. The van der Waals surface area contributed by atoms with Crippen molar-refractivity contribution in [2.75, 3.05) is 40.5 Å². The number of amides is 4. The van der Waals surface area contributed by atoms with Crippen molar-refractivity contribution in [3.63, 3.8) is 0 Å². The molecule has 2 aliphatic rings. The van der Waals surface area contributed by atoms with Gasteiger partial charge in [-0.3, -0.25) is 19.3 Å². The SMILES string of the molecule is COCC(=O)N[C@H]1CCCN(C)C(=O)c2cc(F)ccc2OC[C@@H]2C[C@H](CN2C(=O)OC(C)(C)C)NC1=O. The number of carbonyl (C=O) groups is 4. The molecule has 1 fully saturated rings. The summed E-state index contributed by atoms with van der Waals surface area (Å²) in [5.74, 6) is -1.70. The molecule has 2 bridgehead atoms. The zero-order valence-electron chi connectivity index (χ0n) is 22.5. The van der Waals surface area contributed by atoms with E-state index in [1.807, 2.05) is 0 Å². The van der Waals surface area contributed by atoms with Crippen molar-refractivity contribution >= 4 is 23.8 Å². The Morgan fingerprint density at radius 1 is 1.26 bits per heavy atom. The van der Waals surface area contributed by atoms with Gasteiger partial charge in [-0.25, -0.2) is 9.18 Å². The Labute approximate surface area is 221 Å². The Morgan fingerprint density at radius 3 is 2.68 bits per heavy atom. The zero-order chi connectivity index (χ0) is 28.0. The van der Waals surface area contributed by atoms with Crippen LogP contribution in [0.15, 0.2) is 18.2 Å². The summed E-state index contributed by atoms with van der Waals surface area (Å²) in [6.45, 7) is 5.48. The number of nitrogens with one attached hydrogen (secondary N) is 2. The fourth-order valence-corrected chi connectivity index (χ4v) is 4.48. The minimum Gasteiger partial charge on any atom is -0.491 e. The van der Waals surface area contributed by atoms with E-state index < -0.39 is 53.4 Å². The summed E-state index contributed by atoms with van der Waals surface area (Å²) >= 11 is 0. The van der Waals surface area contributed by atoms with E-state index >= 15 is 0 Å². The molecule has 3 atom stereocenters. The number of hydrogen-bond donors (Lipinski definition) is 2. The minimum absolute atomic E-state index is 0.00472. The lowest BCUT2D eigenvalue weighted by Crippen LogP contribution is -2.51. The summed E-state index contributed by atoms with van der Waals surface area (Å²) in [5, 5.41) is 5.62. The molecule has 12 heteroatoms. The quantitative estimate of drug-likeness (QED) is 0.602. The molecule has 4 amide bonds. The van der Waals surface area contributed by atoms with Gasteiger partial charge in [0, 0.05) is 33.3 Å². The third-order valence-electron chi connectivity index (χ3n) is 6.25. The Balaban J connectivity index is 1.92. The van der Waals surface area contributed by atoms with Gasteiger partial charge in [0.25, 0.3) is 5.91 Å². The fraction of sp³-hybridized carbons (Fsp3) is 0.615. The average Bonchev–Trinajstić information content (AvgIpc) is 3.23. The van der Waals surface area contributed by atoms with Crippen LogP contribution in [0, 0.1) is 5.82 Å². The summed E-state index contributed by atoms with van der Waals surface area (Å²) in [4.78, 5) is 54.4. The Morgan fingerprint density at radius 2 is 2.00 bits per heavy atom. The van der Waals surface area contributed by atoms with Crippen LogP contribution in [-0.2, 0) is 19.1 Å². The zero-order valence-corrected chi connectivity index (χ0v) is 22.5. The van der Waals surface area contributed by atoms with Crippen molar-refractivity contribution in [1.29, 1.82) is 0 Å². The van der Waals surface area contributed by atoms with Crippen LogP contribution in [0.1, 0.15) is 50.4 Å². The summed E-state index contributed by atoms with van der Waals surface area (Å²) in [7, 11) is 2.95. The first-order valence-electron chi connectivity index (χ1n) is 12.6. The summed E-state index contributed by atoms with van der Waals surface area (Å²) in [6, 6.07) is 1.92. The van der Waals surface area contributed by atoms with Gasteiger partial charge in [0.2, 0.25) is 11.8 Å². The highest BCUT2D eigenvalue weighted by atomic mass is 19.1. The van der Waals surface area contributed by atoms with Gasteiger partial charge in [-0.05, 0) is 58.2 Å². The van der Waals surface area contributed by atoms with Crippen LogP contribution in [0.5, 0.6) is 5.75 Å². The third kappa shape index (κ3) is 7.80. The molecule has 11 nitrogen and oxygen atoms in total. The highest BCUT2D eigenvalue weighted by Crippen LogP contribution is 2.26. The van der Waals surface area contributed by atoms with Gasteiger partial charge in [-0.1, -0.05) is 0 Å². The molecule has 0 saturated carbocycles. The van der Waals surface area contributed by atoms with Gasteiger partial charge in [0.1, 0.15) is 36.4 Å². The molecule has 1 saturated heterocycles. The lowest BCUT2D eigenvalue weighted by Gasteiger charge is -2.29. The van der Waals surface area contributed by atoms with Crippen molar-refractivity contribution in [2.45, 2.75) is 63.8 Å². The molecule has 210 valence electrons. The standard InChI is InChI=1S/C26H37FN4O7/c1-26(2,3)38-25(35)31-13-17-12-18(31)14-37-21-9-8-16(27)11-19(21)24(34)30(4)10-6-7-20(23(33)28-17)29-22(32)15-36-5/h8-9,11,17-18,20H,6-7,10,12-15H2,1-5H3,(H,28,33)(H,29,32)/t17-,18+,20+/m1/s1. The third-order valence-corrected chi connectivity index (χ3v) is 6.25. The van der Waals surface area contributed by atoms with E-state index in [9.17, 15) is 23.6 Å². The fourth-order valence-electron chi connectivity index (χ4n) is 4.48. The molecule has 1 aromatic carbocycles. The summed E-state index contributed by atoms with van der Waals surface area (Å²) in [6.07, 6.45) is 0.422. The number of carbonyl (C=O) groups excluding carboxylic acids is 4. The number of likely N-dealkylation sites (tertiary alicyclic amines) is 1. The van der Waals surface area contributed by atoms with Gasteiger partial charge in [-0.2, -0.15) is 0 Å². The maximum atomic E-state index is 14.1. The van der Waals surface area contributed by atoms with Gasteiger partial charge < -0.3 is 29.7 Å². The number of nitrogens with zero attached hydrogens (tertiary/aromatic N) is 2. The second kappa shape index (κ2) is 12.4. The van der Waals surface area contributed by atoms with Crippen LogP contribution in [0.25, 0.3) is 0 Å². The minimum atomic E-state index is -0.874. The Hall–Kier alpha value is -3.41. The van der Waals surface area contributed by atoms with E-state index in [1.165, 1.54) is 29.0 Å².